The summed E-state index contributed by atoms with van der Waals surface area (Å²) in [5.41, 5.74) is 4.75. The number of nitrogens with two attached hydrogens (primary N) is 1. The number of alkyl halides is 2. The summed E-state index contributed by atoms with van der Waals surface area (Å²) in [6.45, 7) is 0.166. The highest BCUT2D eigenvalue weighted by molar-refractivity contribution is 5.27. The summed E-state index contributed by atoms with van der Waals surface area (Å²) in [5.74, 6) is -0.694. The second-order valence-electron chi connectivity index (χ2n) is 3.17. The highest BCUT2D eigenvalue weighted by Crippen LogP contribution is 2.26. The van der Waals surface area contributed by atoms with E-state index in [0.29, 0.717) is 0 Å². The Morgan fingerprint density at radius 3 is 2.53 bits per heavy atom. The Kier molecular flexibility index (Phi) is 4.11. The van der Waals surface area contributed by atoms with Gasteiger partial charge >= 0.3 is 0 Å². The van der Waals surface area contributed by atoms with Gasteiger partial charge in [-0.3, -0.25) is 0 Å². The highest BCUT2D eigenvalue weighted by Gasteiger charge is 2.15. The first-order valence-corrected chi connectivity index (χ1v) is 4.52. The average molecular weight is 219 g/mol. The Hall–Kier alpha value is -1.07. The molecule has 1 rings (SSSR count). The molecule has 84 valence electrons. The van der Waals surface area contributed by atoms with Gasteiger partial charge < -0.3 is 10.8 Å². The minimum Gasteiger partial charge on any atom is -0.388 e. The maximum Gasteiger partial charge on any atom is 0.263 e. The Labute approximate surface area is 85.5 Å². The molecule has 1 aromatic carbocycles. The second kappa shape index (κ2) is 5.14. The Morgan fingerprint density at radius 1 is 1.33 bits per heavy atom. The van der Waals surface area contributed by atoms with E-state index >= 15 is 0 Å². The predicted molar refractivity (Wildman–Crippen MR) is 50.0 cm³/mol. The van der Waals surface area contributed by atoms with Crippen LogP contribution in [0.4, 0.5) is 13.2 Å². The van der Waals surface area contributed by atoms with Gasteiger partial charge in [0.1, 0.15) is 5.82 Å². The van der Waals surface area contributed by atoms with E-state index in [-0.39, 0.29) is 24.1 Å². The van der Waals surface area contributed by atoms with Gasteiger partial charge in [0.15, 0.2) is 0 Å². The van der Waals surface area contributed by atoms with Gasteiger partial charge in [0.05, 0.1) is 6.10 Å². The van der Waals surface area contributed by atoms with E-state index in [4.69, 9.17) is 5.73 Å². The van der Waals surface area contributed by atoms with E-state index in [1.54, 1.807) is 0 Å². The molecule has 1 atom stereocenters. The third-order valence-electron chi connectivity index (χ3n) is 2.07. The minimum absolute atomic E-state index is 0.127. The van der Waals surface area contributed by atoms with Gasteiger partial charge in [0, 0.05) is 11.1 Å². The zero-order chi connectivity index (χ0) is 11.4. The van der Waals surface area contributed by atoms with E-state index in [1.807, 2.05) is 0 Å². The summed E-state index contributed by atoms with van der Waals surface area (Å²) in [6, 6.07) is 2.90. The maximum absolute atomic E-state index is 13.2. The van der Waals surface area contributed by atoms with Crippen molar-refractivity contribution in [3.8, 4) is 0 Å². The van der Waals surface area contributed by atoms with Crippen LogP contribution in [-0.4, -0.2) is 11.7 Å². The highest BCUT2D eigenvalue weighted by atomic mass is 19.3. The molecule has 5 heteroatoms. The van der Waals surface area contributed by atoms with Crippen LogP contribution in [0.25, 0.3) is 0 Å². The van der Waals surface area contributed by atoms with Gasteiger partial charge in [-0.05, 0) is 25.1 Å². The van der Waals surface area contributed by atoms with Crippen molar-refractivity contribution in [2.75, 3.05) is 6.54 Å². The Morgan fingerprint density at radius 2 is 2.00 bits per heavy atom. The molecule has 0 amide bonds. The fourth-order valence-corrected chi connectivity index (χ4v) is 1.27. The molecule has 1 unspecified atom stereocenters. The molecule has 3 N–H and O–H groups in total. The predicted octanol–water partition coefficient (Wildman–Crippen LogP) is 2.15. The van der Waals surface area contributed by atoms with Crippen LogP contribution in [-0.2, 0) is 0 Å². The van der Waals surface area contributed by atoms with Gasteiger partial charge in [-0.25, -0.2) is 13.2 Å². The first kappa shape index (κ1) is 12.0. The molecule has 0 aliphatic heterocycles. The summed E-state index contributed by atoms with van der Waals surface area (Å²) >= 11 is 0. The topological polar surface area (TPSA) is 46.2 Å². The molecular weight excluding hydrogens is 207 g/mol. The molecule has 15 heavy (non-hydrogen) atoms. The van der Waals surface area contributed by atoms with Crippen molar-refractivity contribution in [2.45, 2.75) is 19.0 Å². The van der Waals surface area contributed by atoms with Crippen molar-refractivity contribution >= 4 is 0 Å². The Balaban J connectivity index is 2.99. The van der Waals surface area contributed by atoms with Gasteiger partial charge in [0.25, 0.3) is 6.43 Å². The van der Waals surface area contributed by atoms with E-state index in [9.17, 15) is 18.3 Å². The van der Waals surface area contributed by atoms with Crippen LogP contribution >= 0.6 is 0 Å². The quantitative estimate of drug-likeness (QED) is 0.815. The smallest absolute Gasteiger partial charge is 0.263 e. The normalized spacial score (nSPS) is 13.2. The third kappa shape index (κ3) is 2.94. The van der Waals surface area contributed by atoms with Gasteiger partial charge in [-0.1, -0.05) is 6.07 Å². The number of hydrogen-bond acceptors (Lipinski definition) is 2. The lowest BCUT2D eigenvalue weighted by molar-refractivity contribution is 0.148. The van der Waals surface area contributed by atoms with E-state index < -0.39 is 18.3 Å². The first-order valence-electron chi connectivity index (χ1n) is 4.52. The van der Waals surface area contributed by atoms with Gasteiger partial charge in [-0.2, -0.15) is 0 Å². The number of aliphatic hydroxyl groups is 1. The lowest BCUT2D eigenvalue weighted by Gasteiger charge is -2.12. The molecule has 0 aliphatic carbocycles. The molecule has 0 spiro atoms. The molecule has 0 aromatic heterocycles. The first-order chi connectivity index (χ1) is 7.06. The van der Waals surface area contributed by atoms with E-state index in [2.05, 4.69) is 0 Å². The van der Waals surface area contributed by atoms with Crippen molar-refractivity contribution in [1.82, 2.24) is 0 Å². The van der Waals surface area contributed by atoms with Gasteiger partial charge in [-0.15, -0.1) is 0 Å². The lowest BCUT2D eigenvalue weighted by atomic mass is 10.0. The van der Waals surface area contributed by atoms with E-state index in [0.717, 1.165) is 18.2 Å². The maximum atomic E-state index is 13.2. The summed E-state index contributed by atoms with van der Waals surface area (Å²) in [7, 11) is 0. The molecule has 0 fully saturated rings. The second-order valence-corrected chi connectivity index (χ2v) is 3.17. The molecular formula is C10H12F3NO. The van der Waals surface area contributed by atoms with Crippen LogP contribution in [0.3, 0.4) is 0 Å². The Bertz CT molecular complexity index is 330. The number of halogens is 3. The minimum atomic E-state index is -2.67. The van der Waals surface area contributed by atoms with Crippen LogP contribution in [0, 0.1) is 5.82 Å². The van der Waals surface area contributed by atoms with Crippen molar-refractivity contribution in [3.05, 3.63) is 35.1 Å². The van der Waals surface area contributed by atoms with Crippen molar-refractivity contribution in [1.29, 1.82) is 0 Å². The zero-order valence-electron chi connectivity index (χ0n) is 7.96. The number of rotatable bonds is 4. The lowest BCUT2D eigenvalue weighted by Crippen LogP contribution is -2.08. The van der Waals surface area contributed by atoms with Crippen molar-refractivity contribution in [2.24, 2.45) is 5.73 Å². The molecule has 0 saturated carbocycles. The summed E-state index contributed by atoms with van der Waals surface area (Å²) < 4.78 is 37.8. The summed E-state index contributed by atoms with van der Waals surface area (Å²) in [5, 5.41) is 9.44. The molecule has 0 radical (unpaired) electrons. The van der Waals surface area contributed by atoms with E-state index in [1.165, 1.54) is 0 Å². The number of benzene rings is 1. The molecule has 0 aliphatic rings. The largest absolute Gasteiger partial charge is 0.388 e. The summed E-state index contributed by atoms with van der Waals surface area (Å²) in [6.07, 6.45) is -3.66. The van der Waals surface area contributed by atoms with Crippen LogP contribution < -0.4 is 5.73 Å². The fraction of sp³-hybridized carbons (Fsp3) is 0.400. The van der Waals surface area contributed by atoms with Crippen LogP contribution in [0.1, 0.15) is 30.1 Å². The van der Waals surface area contributed by atoms with Gasteiger partial charge in [0.2, 0.25) is 0 Å². The standard InChI is InChI=1S/C10H12F3NO/c11-8-2-1-6(10(12)13)5-7(8)9(15)3-4-14/h1-2,5,9-10,15H,3-4,14H2. The van der Waals surface area contributed by atoms with Crippen LogP contribution in [0.15, 0.2) is 18.2 Å². The molecule has 1 aromatic rings. The molecule has 0 bridgehead atoms. The molecule has 0 heterocycles. The number of aliphatic hydroxyl groups excluding tert-OH is 1. The number of hydrogen-bond donors (Lipinski definition) is 2. The van der Waals surface area contributed by atoms with Crippen molar-refractivity contribution < 1.29 is 18.3 Å². The zero-order valence-corrected chi connectivity index (χ0v) is 7.96. The average Bonchev–Trinajstić information content (AvgIpc) is 2.18. The van der Waals surface area contributed by atoms with Crippen LogP contribution in [0.5, 0.6) is 0 Å². The monoisotopic (exact) mass is 219 g/mol. The molecule has 0 saturated heterocycles. The SMILES string of the molecule is NCCC(O)c1cc(C(F)F)ccc1F. The summed E-state index contributed by atoms with van der Waals surface area (Å²) in [4.78, 5) is 0. The van der Waals surface area contributed by atoms with Crippen LogP contribution in [0.2, 0.25) is 0 Å². The third-order valence-corrected chi connectivity index (χ3v) is 2.07. The fourth-order valence-electron chi connectivity index (χ4n) is 1.27. The van der Waals surface area contributed by atoms with Crippen molar-refractivity contribution in [3.63, 3.8) is 0 Å². The molecule has 2 nitrogen and oxygen atoms in total.